The smallest absolute Gasteiger partial charge is 0.267 e. The lowest BCUT2D eigenvalue weighted by atomic mass is 9.98. The van der Waals surface area contributed by atoms with Gasteiger partial charge in [0, 0.05) is 25.8 Å². The molecule has 1 fully saturated rings. The first kappa shape index (κ1) is 23.8. The van der Waals surface area contributed by atoms with Crippen LogP contribution >= 0.6 is 0 Å². The van der Waals surface area contributed by atoms with E-state index in [1.165, 1.54) is 4.40 Å². The summed E-state index contributed by atoms with van der Waals surface area (Å²) in [7, 11) is 1.63. The number of piperidine rings is 1. The normalized spacial score (nSPS) is 14.5. The second kappa shape index (κ2) is 9.60. The topological polar surface area (TPSA) is 92.7 Å². The number of amides is 1. The van der Waals surface area contributed by atoms with Crippen LogP contribution < -0.4 is 15.8 Å². The van der Waals surface area contributed by atoms with Crippen molar-refractivity contribution in [3.05, 3.63) is 81.2 Å². The standard InChI is InChI=1S/C28H31N5O3/c1-18-10-14-31(15-11-18)27(34)22-17-23-26(30-25-19(2)5-4-13-33(25)28(23)35)32(24(22)29)16-12-20-6-8-21(36-3)9-7-20/h4-9,13,17-18,29H,10-12,14-16H2,1-3H3. The predicted molar refractivity (Wildman–Crippen MR) is 139 cm³/mol. The van der Waals surface area contributed by atoms with Gasteiger partial charge in [-0.2, -0.15) is 0 Å². The van der Waals surface area contributed by atoms with E-state index in [1.54, 1.807) is 23.9 Å². The highest BCUT2D eigenvalue weighted by atomic mass is 16.5. The second-order valence-corrected chi connectivity index (χ2v) is 9.67. The van der Waals surface area contributed by atoms with Gasteiger partial charge in [0.15, 0.2) is 0 Å². The Morgan fingerprint density at radius 2 is 1.86 bits per heavy atom. The van der Waals surface area contributed by atoms with Gasteiger partial charge in [-0.15, -0.1) is 0 Å². The molecule has 0 saturated carbocycles. The summed E-state index contributed by atoms with van der Waals surface area (Å²) >= 11 is 0. The van der Waals surface area contributed by atoms with E-state index >= 15 is 0 Å². The lowest BCUT2D eigenvalue weighted by molar-refractivity contribution is 0.0694. The van der Waals surface area contributed by atoms with Gasteiger partial charge in [0.25, 0.3) is 11.5 Å². The second-order valence-electron chi connectivity index (χ2n) is 9.67. The summed E-state index contributed by atoms with van der Waals surface area (Å²) in [5, 5.41) is 9.37. The number of hydrogen-bond acceptors (Lipinski definition) is 5. The fourth-order valence-corrected chi connectivity index (χ4v) is 4.89. The minimum Gasteiger partial charge on any atom is -0.497 e. The quantitative estimate of drug-likeness (QED) is 0.438. The van der Waals surface area contributed by atoms with Crippen molar-refractivity contribution in [3.63, 3.8) is 0 Å². The summed E-state index contributed by atoms with van der Waals surface area (Å²) in [4.78, 5) is 33.7. The van der Waals surface area contributed by atoms with E-state index in [2.05, 4.69) is 6.92 Å². The van der Waals surface area contributed by atoms with E-state index in [4.69, 9.17) is 15.1 Å². The fourth-order valence-electron chi connectivity index (χ4n) is 4.89. The third-order valence-electron chi connectivity index (χ3n) is 7.22. The highest BCUT2D eigenvalue weighted by molar-refractivity contribution is 5.97. The van der Waals surface area contributed by atoms with Gasteiger partial charge in [-0.25, -0.2) is 4.98 Å². The Morgan fingerprint density at radius 1 is 1.14 bits per heavy atom. The molecule has 4 aromatic rings. The van der Waals surface area contributed by atoms with E-state index < -0.39 is 0 Å². The summed E-state index contributed by atoms with van der Waals surface area (Å²) in [6.07, 6.45) is 4.20. The van der Waals surface area contributed by atoms with Crippen LogP contribution in [0, 0.1) is 18.3 Å². The molecule has 8 nitrogen and oxygen atoms in total. The maximum absolute atomic E-state index is 13.6. The van der Waals surface area contributed by atoms with E-state index in [0.29, 0.717) is 48.7 Å². The summed E-state index contributed by atoms with van der Waals surface area (Å²) in [6, 6.07) is 13.1. The molecule has 0 radical (unpaired) electrons. The van der Waals surface area contributed by atoms with Crippen molar-refractivity contribution >= 4 is 22.6 Å². The number of ether oxygens (including phenoxy) is 1. The number of benzene rings is 1. The van der Waals surface area contributed by atoms with Crippen molar-refractivity contribution in [3.8, 4) is 5.75 Å². The highest BCUT2D eigenvalue weighted by Gasteiger charge is 2.25. The molecule has 1 N–H and O–H groups in total. The maximum atomic E-state index is 13.6. The first-order chi connectivity index (χ1) is 17.4. The van der Waals surface area contributed by atoms with Gasteiger partial charge >= 0.3 is 0 Å². The largest absolute Gasteiger partial charge is 0.497 e. The highest BCUT2D eigenvalue weighted by Crippen LogP contribution is 2.19. The minimum absolute atomic E-state index is 0.0875. The van der Waals surface area contributed by atoms with Crippen LogP contribution in [0.3, 0.4) is 0 Å². The Balaban J connectivity index is 1.65. The SMILES string of the molecule is COc1ccc(CCn2c(=N)c(C(=O)N3CCC(C)CC3)cc3c(=O)n4cccc(C)c4nc32)cc1. The number of fused-ring (bicyclic) bond motifs is 2. The number of carbonyl (C=O) groups is 1. The maximum Gasteiger partial charge on any atom is 0.267 e. The molecule has 0 unspecified atom stereocenters. The molecular formula is C28H31N5O3. The van der Waals surface area contributed by atoms with Crippen molar-refractivity contribution in [2.75, 3.05) is 20.2 Å². The first-order valence-corrected chi connectivity index (χ1v) is 12.4. The average Bonchev–Trinajstić information content (AvgIpc) is 2.89. The molecule has 0 atom stereocenters. The van der Waals surface area contributed by atoms with Gasteiger partial charge in [0.2, 0.25) is 0 Å². The number of aryl methyl sites for hydroxylation is 3. The Bertz CT molecular complexity index is 1560. The van der Waals surface area contributed by atoms with Gasteiger partial charge in [-0.1, -0.05) is 25.1 Å². The molecule has 1 aromatic carbocycles. The van der Waals surface area contributed by atoms with Crippen LogP contribution in [0.25, 0.3) is 16.7 Å². The molecule has 36 heavy (non-hydrogen) atoms. The zero-order valence-corrected chi connectivity index (χ0v) is 21.0. The zero-order valence-electron chi connectivity index (χ0n) is 21.0. The van der Waals surface area contributed by atoms with Crippen LogP contribution in [-0.4, -0.2) is 45.0 Å². The molecule has 1 aliphatic rings. The molecule has 3 aromatic heterocycles. The van der Waals surface area contributed by atoms with Gasteiger partial charge in [0.05, 0.1) is 18.1 Å². The molecule has 5 rings (SSSR count). The summed E-state index contributed by atoms with van der Waals surface area (Å²) < 4.78 is 8.49. The Labute approximate surface area is 209 Å². The molecule has 8 heteroatoms. The van der Waals surface area contributed by atoms with Crippen LogP contribution in [-0.2, 0) is 13.0 Å². The molecular weight excluding hydrogens is 454 g/mol. The lowest BCUT2D eigenvalue weighted by Crippen LogP contribution is -2.41. The molecule has 0 aliphatic carbocycles. The molecule has 1 aliphatic heterocycles. The minimum atomic E-state index is -0.238. The number of nitrogens with one attached hydrogen (secondary N) is 1. The first-order valence-electron chi connectivity index (χ1n) is 12.4. The van der Waals surface area contributed by atoms with Crippen molar-refractivity contribution in [1.82, 2.24) is 18.9 Å². The van der Waals surface area contributed by atoms with Gasteiger partial charge in [-0.3, -0.25) is 19.4 Å². The van der Waals surface area contributed by atoms with Crippen LogP contribution in [0.15, 0.2) is 53.5 Å². The van der Waals surface area contributed by atoms with Crippen molar-refractivity contribution in [2.24, 2.45) is 5.92 Å². The number of aromatic nitrogens is 3. The Morgan fingerprint density at radius 3 is 2.56 bits per heavy atom. The molecule has 1 amide bonds. The van der Waals surface area contributed by atoms with Crippen LogP contribution in [0.1, 0.15) is 41.3 Å². The molecule has 1 saturated heterocycles. The number of carbonyl (C=O) groups excluding carboxylic acids is 1. The van der Waals surface area contributed by atoms with E-state index in [-0.39, 0.29) is 22.5 Å². The molecule has 4 heterocycles. The third kappa shape index (κ3) is 4.27. The number of hydrogen-bond donors (Lipinski definition) is 1. The van der Waals surface area contributed by atoms with Crippen molar-refractivity contribution < 1.29 is 9.53 Å². The van der Waals surface area contributed by atoms with Crippen molar-refractivity contribution in [2.45, 2.75) is 39.7 Å². The molecule has 0 bridgehead atoms. The van der Waals surface area contributed by atoms with Crippen molar-refractivity contribution in [1.29, 1.82) is 5.41 Å². The van der Waals surface area contributed by atoms with Gasteiger partial charge in [-0.05, 0) is 67.5 Å². The Hall–Kier alpha value is -3.94. The molecule has 186 valence electrons. The number of rotatable bonds is 5. The van der Waals surface area contributed by atoms with Gasteiger partial charge in [0.1, 0.15) is 22.5 Å². The zero-order chi connectivity index (χ0) is 25.4. The monoisotopic (exact) mass is 485 g/mol. The summed E-state index contributed by atoms with van der Waals surface area (Å²) in [5.41, 5.74) is 3.01. The molecule has 0 spiro atoms. The van der Waals surface area contributed by atoms with E-state index in [9.17, 15) is 9.59 Å². The lowest BCUT2D eigenvalue weighted by Gasteiger charge is -2.30. The van der Waals surface area contributed by atoms with Gasteiger partial charge < -0.3 is 14.2 Å². The number of likely N-dealkylation sites (tertiary alicyclic amines) is 1. The van der Waals surface area contributed by atoms with E-state index in [1.807, 2.05) is 48.2 Å². The number of nitrogens with zero attached hydrogens (tertiary/aromatic N) is 4. The third-order valence-corrected chi connectivity index (χ3v) is 7.22. The van der Waals surface area contributed by atoms with Crippen LogP contribution in [0.2, 0.25) is 0 Å². The summed E-state index contributed by atoms with van der Waals surface area (Å²) in [6.45, 7) is 5.84. The average molecular weight is 486 g/mol. The predicted octanol–water partition coefficient (Wildman–Crippen LogP) is 3.56. The van der Waals surface area contributed by atoms with Crippen LogP contribution in [0.5, 0.6) is 5.75 Å². The number of pyridine rings is 2. The Kier molecular flexibility index (Phi) is 6.35. The fraction of sp³-hybridized carbons (Fsp3) is 0.357. The van der Waals surface area contributed by atoms with Crippen LogP contribution in [0.4, 0.5) is 0 Å². The number of methoxy groups -OCH3 is 1. The van der Waals surface area contributed by atoms with E-state index in [0.717, 1.165) is 29.7 Å². The summed E-state index contributed by atoms with van der Waals surface area (Å²) in [5.74, 6) is 1.16.